The Morgan fingerprint density at radius 1 is 0.341 bits per heavy atom. The Morgan fingerprint density at radius 2 is 0.659 bits per heavy atom. The van der Waals surface area contributed by atoms with Crippen molar-refractivity contribution in [1.82, 2.24) is 29.7 Å². The summed E-state index contributed by atoms with van der Waals surface area (Å²) in [6, 6.07) is 52.0. The van der Waals surface area contributed by atoms with Gasteiger partial charge in [-0.3, -0.25) is 19.4 Å². The number of rotatable bonds is 42. The summed E-state index contributed by atoms with van der Waals surface area (Å²) in [6.07, 6.45) is 49.4. The molecule has 8 bridgehead atoms. The molecule has 2 fully saturated rings. The molecule has 15 rings (SSSR count). The van der Waals surface area contributed by atoms with E-state index in [9.17, 15) is 9.59 Å². The number of aromatic nitrogens is 4. The molecule has 138 heavy (non-hydrogen) atoms. The molecule has 2 amide bonds. The highest BCUT2D eigenvalue weighted by molar-refractivity contribution is 8.27. The molecule has 0 saturated carbocycles. The van der Waals surface area contributed by atoms with E-state index in [0.29, 0.717) is 56.3 Å². The number of carbonyl (C=O) groups is 2. The number of ether oxygens (including phenoxy) is 2. The highest BCUT2D eigenvalue weighted by atomic mass is 32.2. The minimum absolute atomic E-state index is 0.0679. The highest BCUT2D eigenvalue weighted by Gasteiger charge is 2.34. The number of unbranched alkanes of at least 4 members (excludes halogenated alkanes) is 22. The van der Waals surface area contributed by atoms with Crippen LogP contribution in [0.2, 0.25) is 0 Å². The molecular weight excluding hydrogens is 1770 g/mol. The molecule has 4 aliphatic heterocycles. The quantitative estimate of drug-likeness (QED) is 0.0126. The lowest BCUT2D eigenvalue weighted by molar-refractivity contribution is -0.122. The van der Waals surface area contributed by atoms with Gasteiger partial charge in [-0.15, -0.1) is 0 Å². The lowest BCUT2D eigenvalue weighted by Gasteiger charge is -2.19. The molecule has 710 valence electrons. The van der Waals surface area contributed by atoms with Crippen LogP contribution in [0.25, 0.3) is 102 Å². The summed E-state index contributed by atoms with van der Waals surface area (Å²) in [7, 11) is 0. The number of thiocarbonyl (C=S) groups is 2. The molecule has 2 unspecified atom stereocenters. The van der Waals surface area contributed by atoms with Crippen molar-refractivity contribution in [3.8, 4) is 58.9 Å². The second-order valence-corrected chi connectivity index (χ2v) is 40.9. The maximum atomic E-state index is 13.7. The third kappa shape index (κ3) is 24.5. The molecule has 2 saturated heterocycles. The molecule has 10 nitrogen and oxygen atoms in total. The molecule has 2 N–H and O–H groups in total. The number of aryl methyl sites for hydroxylation is 2. The van der Waals surface area contributed by atoms with Gasteiger partial charge in [-0.1, -0.05) is 401 Å². The molecule has 11 aromatic rings. The molecule has 3 aromatic heterocycles. The molecule has 14 heteroatoms. The zero-order chi connectivity index (χ0) is 96.2. The van der Waals surface area contributed by atoms with Crippen LogP contribution in [0.15, 0.2) is 155 Å². The summed E-state index contributed by atoms with van der Waals surface area (Å²) in [6.45, 7) is 23.9. The molecule has 0 spiro atoms. The summed E-state index contributed by atoms with van der Waals surface area (Å²) in [5, 5.41) is 8.08. The molecule has 7 heterocycles. The third-order valence-corrected chi connectivity index (χ3v) is 30.4. The number of likely N-dealkylation sites (N-methyl/N-ethyl adjacent to an activating group) is 2. The van der Waals surface area contributed by atoms with Crippen molar-refractivity contribution in [2.75, 3.05) is 26.3 Å². The molecule has 4 aliphatic rings. The van der Waals surface area contributed by atoms with Gasteiger partial charge in [0.1, 0.15) is 20.1 Å². The van der Waals surface area contributed by atoms with Crippen molar-refractivity contribution in [2.45, 2.75) is 287 Å². The molecule has 8 aromatic carbocycles. The summed E-state index contributed by atoms with van der Waals surface area (Å²) >= 11 is 14.0. The smallest absolute Gasteiger partial charge is 0.266 e. The van der Waals surface area contributed by atoms with Gasteiger partial charge in [-0.05, 0) is 223 Å². The van der Waals surface area contributed by atoms with Gasteiger partial charge in [-0.2, -0.15) is 0 Å². The van der Waals surface area contributed by atoms with Crippen LogP contribution >= 0.6 is 48.0 Å². The molecule has 2 atom stereocenters. The average molecular weight is 1900 g/mol. The first-order valence-electron chi connectivity index (χ1n) is 51.8. The van der Waals surface area contributed by atoms with Crippen molar-refractivity contribution in [3.05, 3.63) is 256 Å². The number of thioether (sulfide) groups is 2. The van der Waals surface area contributed by atoms with E-state index in [-0.39, 0.29) is 23.7 Å². The first-order chi connectivity index (χ1) is 67.6. The van der Waals surface area contributed by atoms with E-state index in [4.69, 9.17) is 43.9 Å². The van der Waals surface area contributed by atoms with Crippen LogP contribution in [-0.2, 0) is 9.59 Å². The fourth-order valence-electron chi connectivity index (χ4n) is 19.9. The number of benzene rings is 8. The third-order valence-electron chi connectivity index (χ3n) is 27.6. The summed E-state index contributed by atoms with van der Waals surface area (Å²) < 4.78 is 14.5. The molecule has 0 radical (unpaired) electrons. The second-order valence-electron chi connectivity index (χ2n) is 37.5. The Labute approximate surface area is 840 Å². The summed E-state index contributed by atoms with van der Waals surface area (Å²) in [5.74, 6) is 32.4. The number of nitrogens with one attached hydrogen (secondary N) is 2. The Bertz CT molecular complexity index is 6780. The van der Waals surface area contributed by atoms with E-state index in [0.717, 1.165) is 270 Å². The zero-order valence-electron chi connectivity index (χ0n) is 83.0. The Balaban J connectivity index is 0.930. The maximum Gasteiger partial charge on any atom is 0.266 e. The predicted octanol–water partition coefficient (Wildman–Crippen LogP) is 33.5. The van der Waals surface area contributed by atoms with Gasteiger partial charge < -0.3 is 19.4 Å². The largest absolute Gasteiger partial charge is 0.493 e. The van der Waals surface area contributed by atoms with Crippen molar-refractivity contribution < 1.29 is 19.1 Å². The van der Waals surface area contributed by atoms with Gasteiger partial charge in [0.05, 0.1) is 73.5 Å². The SMILES string of the molecule is CCCCCCCCC(CCCCCC)c1c2nc(c(C#Cc3c4ccccc4c(C#Cc4cc(C)c(/C=C5\SC(=S)N(CC)C5=O)cc4OCCCCCC)c4ccccc34)c3ccc([nH]3)c(C(CCCCCC)CCCCCCCC)c3nc(c(C#Cc4c5ccccc5c(C#Cc5cc(OCCCCCC)c(/C=C6\SC(=S)N(CC)C6=O)cc5C)c5ccccc45)c4ccc1[nH]4)C=C3)C=C2. The van der Waals surface area contributed by atoms with Crippen molar-refractivity contribution in [2.24, 2.45) is 0 Å². The number of nitrogens with zero attached hydrogens (tertiary/aromatic N) is 4. The fourth-order valence-corrected chi connectivity index (χ4v) is 22.7. The number of fused-ring (bicyclic) bond motifs is 12. The monoisotopic (exact) mass is 1900 g/mol. The van der Waals surface area contributed by atoms with Crippen LogP contribution in [0.4, 0.5) is 0 Å². The standard InChI is InChI=1S/C124H136N6O4S4/c1-11-19-25-31-33-37-51-87(49-35-27-21-13-3)119-111-73-69-107(125-111)105(67-65-103-97-57-43-39-53-93(97)101(94-54-40-44-58-98(94)103)63-61-89-81-116(134-78-48-30-24-16-6)92(80-85(89)9)84-118-122(132)130(18-8)124(136)138-118)108-70-74-112(126-108)120(88(50-36-28-22-14-4)52-38-34-32-26-20-12-2)114-76-72-110(128-114)106(109-71-75-113(119)127-109)68-66-104-99-59-45-41-55-95(99)102(96-56-42-46-60-100(96)104)64-62-90-79-86(10)91(82-115(90)133-77-47-29-23-15-5)83-117-121(131)129(17-7)123(135)137-117/h39-46,53-60,69-76,79-84,87-88,125,128H,11-38,47-52,77-78H2,1-10H3/b107-105?,108-105?,109-106?,110-106?,117-83-,118-84-,119-111?,119-113?,120-112?,120-114?. The molecule has 0 aliphatic carbocycles. The summed E-state index contributed by atoms with van der Waals surface area (Å²) in [4.78, 5) is 52.1. The van der Waals surface area contributed by atoms with Crippen molar-refractivity contribution in [3.63, 3.8) is 0 Å². The highest BCUT2D eigenvalue weighted by Crippen LogP contribution is 2.44. The number of carbonyl (C=O) groups excluding carboxylic acids is 2. The van der Waals surface area contributed by atoms with Crippen LogP contribution in [-0.4, -0.2) is 76.5 Å². The van der Waals surface area contributed by atoms with Crippen LogP contribution < -0.4 is 9.47 Å². The zero-order valence-corrected chi connectivity index (χ0v) is 86.3. The van der Waals surface area contributed by atoms with Crippen molar-refractivity contribution >= 4 is 170 Å². The maximum absolute atomic E-state index is 13.7. The van der Waals surface area contributed by atoms with Crippen LogP contribution in [0.5, 0.6) is 11.5 Å². The van der Waals surface area contributed by atoms with Gasteiger partial charge in [0.25, 0.3) is 11.8 Å². The number of hydrogen-bond acceptors (Lipinski definition) is 10. The Morgan fingerprint density at radius 3 is 1.04 bits per heavy atom. The van der Waals surface area contributed by atoms with Crippen molar-refractivity contribution in [1.29, 1.82) is 0 Å². The first kappa shape index (κ1) is 101. The second kappa shape index (κ2) is 50.4. The molecular formula is C124H136N6O4S4. The van der Waals surface area contributed by atoms with Gasteiger partial charge in [0, 0.05) is 68.6 Å². The van der Waals surface area contributed by atoms with Gasteiger partial charge >= 0.3 is 0 Å². The summed E-state index contributed by atoms with van der Waals surface area (Å²) in [5.41, 5.74) is 20.5. The fraction of sp³-hybridized carbons (Fsp3) is 0.387. The topological polar surface area (TPSA) is 116 Å². The Kier molecular flexibility index (Phi) is 36.9. The predicted molar refractivity (Wildman–Crippen MR) is 597 cm³/mol. The first-order valence-corrected chi connectivity index (χ1v) is 54.3. The number of H-pyrrole nitrogens is 2. The van der Waals surface area contributed by atoms with E-state index in [1.165, 1.54) is 125 Å². The van der Waals surface area contributed by atoms with Crippen LogP contribution in [0, 0.1) is 61.2 Å². The van der Waals surface area contributed by atoms with Gasteiger partial charge in [-0.25, -0.2) is 9.97 Å². The van der Waals surface area contributed by atoms with Gasteiger partial charge in [0.2, 0.25) is 0 Å². The lowest BCUT2D eigenvalue weighted by Crippen LogP contribution is -2.27. The van der Waals surface area contributed by atoms with E-state index < -0.39 is 0 Å². The lowest BCUT2D eigenvalue weighted by atomic mass is 9.87. The van der Waals surface area contributed by atoms with E-state index in [1.54, 1.807) is 9.80 Å². The van der Waals surface area contributed by atoms with E-state index in [1.807, 2.05) is 26.0 Å². The number of hydrogen-bond donors (Lipinski definition) is 2. The average Bonchev–Trinajstić information content (AvgIpc) is 0.899. The van der Waals surface area contributed by atoms with E-state index >= 15 is 0 Å². The minimum Gasteiger partial charge on any atom is -0.493 e. The Hall–Kier alpha value is -11.5. The van der Waals surface area contributed by atoms with Crippen LogP contribution in [0.3, 0.4) is 0 Å². The number of amides is 2. The minimum atomic E-state index is -0.0771. The van der Waals surface area contributed by atoms with Gasteiger partial charge in [0.15, 0.2) is 0 Å². The normalized spacial score (nSPS) is 14.0. The number of aromatic amines is 2. The van der Waals surface area contributed by atoms with E-state index in [2.05, 4.69) is 283 Å². The van der Waals surface area contributed by atoms with Crippen LogP contribution in [0.1, 0.15) is 373 Å².